The quantitative estimate of drug-likeness (QED) is 0.0158. The van der Waals surface area contributed by atoms with Crippen LogP contribution in [0.15, 0.2) is 88.6 Å². The molecule has 8 N–H and O–H groups in total. The van der Waals surface area contributed by atoms with E-state index in [0.717, 1.165) is 48.5 Å². The van der Waals surface area contributed by atoms with Crippen molar-refractivity contribution < 1.29 is 70.3 Å². The topological polar surface area (TPSA) is 345 Å². The minimum atomic E-state index is -5.16. The maximum Gasteiger partial charge on any atom is 0.296 e. The summed E-state index contributed by atoms with van der Waals surface area (Å²) in [6.07, 6.45) is 0. The Labute approximate surface area is 274 Å². The third-order valence-electron chi connectivity index (χ3n) is 5.79. The Bertz CT molecular complexity index is 2180. The molecule has 0 aliphatic heterocycles. The summed E-state index contributed by atoms with van der Waals surface area (Å²) < 4.78 is 76.8. The number of non-ortho nitro benzene ring substituents is 1. The van der Waals surface area contributed by atoms with E-state index in [9.17, 15) is 46.3 Å². The van der Waals surface area contributed by atoms with Gasteiger partial charge in [-0.05, 0) is 41.8 Å². The van der Waals surface area contributed by atoms with Gasteiger partial charge >= 0.3 is 0 Å². The number of nitro groups is 1. The Hall–Kier alpha value is -4.58. The minimum Gasteiger partial charge on any atom is -0.505 e. The van der Waals surface area contributed by atoms with Crippen molar-refractivity contribution in [2.24, 2.45) is 20.5 Å². The lowest BCUT2D eigenvalue weighted by Crippen LogP contribution is -2.01. The molecule has 0 atom stereocenters. The molecule has 0 aromatic heterocycles. The summed E-state index contributed by atoms with van der Waals surface area (Å²) in [7, 11) is -10.2. The Morgan fingerprint density at radius 1 is 0.750 bits per heavy atom. The van der Waals surface area contributed by atoms with E-state index < -0.39 is 68.9 Å². The number of benzene rings is 4. The number of nitro benzene ring substituents is 1. The van der Waals surface area contributed by atoms with Crippen LogP contribution in [0.2, 0.25) is 0 Å². The number of rotatable bonds is 13. The second-order valence-electron chi connectivity index (χ2n) is 8.68. The second kappa shape index (κ2) is 14.7. The Balaban J connectivity index is 1.96. The second-order valence-corrected chi connectivity index (χ2v) is 12.9. The number of phenolic OH excluding ortho intramolecular Hbond substituents is 2. The van der Waals surface area contributed by atoms with Crippen LogP contribution in [-0.2, 0) is 39.0 Å². The number of phenols is 2. The highest BCUT2D eigenvalue weighted by molar-refractivity contribution is 7.95. The maximum atomic E-state index is 12.3. The summed E-state index contributed by atoms with van der Waals surface area (Å²) >= 11 is 0.434. The van der Waals surface area contributed by atoms with Gasteiger partial charge in [-0.1, -0.05) is 10.1 Å². The van der Waals surface area contributed by atoms with Gasteiger partial charge in [0, 0.05) is 17.8 Å². The van der Waals surface area contributed by atoms with Crippen molar-refractivity contribution >= 4 is 89.2 Å². The molecule has 0 saturated carbocycles. The predicted octanol–water partition coefficient (Wildman–Crippen LogP) is 5.92. The minimum absolute atomic E-state index is 0.0559. The van der Waals surface area contributed by atoms with Gasteiger partial charge in [-0.3, -0.25) is 19.2 Å². The van der Waals surface area contributed by atoms with E-state index in [2.05, 4.69) is 39.2 Å². The number of azo groups is 2. The number of fused-ring (bicyclic) bond motifs is 1. The highest BCUT2D eigenvalue weighted by Crippen LogP contribution is 2.51. The Morgan fingerprint density at radius 3 is 1.88 bits per heavy atom. The standard InChI is InChI=1S/C22H16N6O16S4/c23-12-7-16(47(35,36)37)13(8-14(12)45-43-41-33)25-26-19-15(46-44-42-34)5-9-6-17(48(38,39)40)20(22(30)18(9)21(19)29)27-24-10-1-3-11(4-2-10)28(31)32/h1-8,29-30,33-34H,23H2,(H,35,36,37)(H,38,39,40)/b26-25+,27-24+. The van der Waals surface area contributed by atoms with Gasteiger partial charge in [-0.15, -0.1) is 24.0 Å². The van der Waals surface area contributed by atoms with E-state index >= 15 is 0 Å². The number of hydrogen-bond acceptors (Lipinski definition) is 21. The number of nitrogens with zero attached hydrogens (tertiary/aromatic N) is 5. The van der Waals surface area contributed by atoms with Gasteiger partial charge < -0.3 is 15.9 Å². The fraction of sp³-hybridized carbons (Fsp3) is 0. The van der Waals surface area contributed by atoms with Crippen LogP contribution in [0.4, 0.5) is 34.1 Å². The lowest BCUT2D eigenvalue weighted by Gasteiger charge is -2.13. The highest BCUT2D eigenvalue weighted by atomic mass is 32.2. The van der Waals surface area contributed by atoms with Gasteiger partial charge in [0.05, 0.1) is 49.9 Å². The van der Waals surface area contributed by atoms with E-state index in [1.165, 1.54) is 0 Å². The summed E-state index contributed by atoms with van der Waals surface area (Å²) in [6.45, 7) is 0. The molecule has 0 saturated heterocycles. The van der Waals surface area contributed by atoms with Crippen LogP contribution in [0.25, 0.3) is 10.8 Å². The molecule has 0 fully saturated rings. The Morgan fingerprint density at radius 2 is 1.31 bits per heavy atom. The molecule has 0 radical (unpaired) electrons. The lowest BCUT2D eigenvalue weighted by atomic mass is 10.1. The zero-order valence-electron chi connectivity index (χ0n) is 22.8. The molecule has 4 aromatic rings. The van der Waals surface area contributed by atoms with Crippen LogP contribution in [0.3, 0.4) is 0 Å². The van der Waals surface area contributed by atoms with Crippen molar-refractivity contribution in [2.45, 2.75) is 19.6 Å². The number of hydrogen-bond donors (Lipinski definition) is 7. The third-order valence-corrected chi connectivity index (χ3v) is 8.82. The molecule has 0 bridgehead atoms. The van der Waals surface area contributed by atoms with Gasteiger partial charge in [-0.25, -0.2) is 10.5 Å². The van der Waals surface area contributed by atoms with Crippen LogP contribution in [0.5, 0.6) is 11.5 Å². The number of nitrogen functional groups attached to an aromatic ring is 1. The first-order valence-electron chi connectivity index (χ1n) is 11.9. The first kappa shape index (κ1) is 36.3. The average molecular weight is 749 g/mol. The third kappa shape index (κ3) is 8.10. The Kier molecular flexibility index (Phi) is 11.1. The summed E-state index contributed by atoms with van der Waals surface area (Å²) in [4.78, 5) is 7.86. The molecule has 48 heavy (non-hydrogen) atoms. The van der Waals surface area contributed by atoms with Crippen LogP contribution in [-0.4, -0.2) is 51.6 Å². The van der Waals surface area contributed by atoms with Crippen molar-refractivity contribution in [3.05, 3.63) is 58.6 Å². The molecule has 0 aliphatic rings. The molecule has 22 nitrogen and oxygen atoms in total. The SMILES string of the molecule is Nc1cc(S(=O)(=O)O)c(/N=N/c2c(SOOO)cc3cc(S(=O)(=O)O)c(/N=N/c4ccc([N+](=O)[O-])cc4)c(O)c3c2O)cc1SOOO. The first-order chi connectivity index (χ1) is 22.6. The zero-order valence-corrected chi connectivity index (χ0v) is 26.1. The highest BCUT2D eigenvalue weighted by Gasteiger charge is 2.27. The van der Waals surface area contributed by atoms with Crippen molar-refractivity contribution in [1.29, 1.82) is 0 Å². The molecule has 26 heteroatoms. The van der Waals surface area contributed by atoms with E-state index in [-0.39, 0.29) is 56.3 Å². The smallest absolute Gasteiger partial charge is 0.296 e. The first-order valence-corrected chi connectivity index (χ1v) is 16.2. The van der Waals surface area contributed by atoms with E-state index in [1.54, 1.807) is 0 Å². The van der Waals surface area contributed by atoms with E-state index in [0.29, 0.717) is 0 Å². The van der Waals surface area contributed by atoms with Crippen molar-refractivity contribution in [3.8, 4) is 11.5 Å². The van der Waals surface area contributed by atoms with Gasteiger partial charge in [0.25, 0.3) is 25.9 Å². The molecule has 4 aromatic carbocycles. The molecule has 0 spiro atoms. The van der Waals surface area contributed by atoms with Crippen LogP contribution < -0.4 is 5.73 Å². The molecule has 0 amide bonds. The number of anilines is 1. The zero-order chi connectivity index (χ0) is 35.4. The van der Waals surface area contributed by atoms with Gasteiger partial charge in [0.2, 0.25) is 0 Å². The number of nitrogens with two attached hydrogens (primary N) is 1. The van der Waals surface area contributed by atoms with Gasteiger partial charge in [-0.2, -0.15) is 21.9 Å². The number of aromatic hydroxyl groups is 2. The summed E-state index contributed by atoms with van der Waals surface area (Å²) in [5.74, 6) is -2.09. The largest absolute Gasteiger partial charge is 0.505 e. The van der Waals surface area contributed by atoms with Crippen molar-refractivity contribution in [1.82, 2.24) is 0 Å². The van der Waals surface area contributed by atoms with Crippen LogP contribution >= 0.6 is 24.1 Å². The molecule has 254 valence electrons. The molecule has 0 unspecified atom stereocenters. The molecular formula is C22H16N6O16S4. The summed E-state index contributed by atoms with van der Waals surface area (Å²) in [5, 5.41) is 71.3. The average Bonchev–Trinajstić information content (AvgIpc) is 3.01. The van der Waals surface area contributed by atoms with Crippen molar-refractivity contribution in [3.63, 3.8) is 0 Å². The predicted molar refractivity (Wildman–Crippen MR) is 161 cm³/mol. The van der Waals surface area contributed by atoms with Gasteiger partial charge in [0.15, 0.2) is 11.5 Å². The molecule has 4 rings (SSSR count). The normalized spacial score (nSPS) is 12.4. The summed E-state index contributed by atoms with van der Waals surface area (Å²) in [6, 6.07) is 7.81. The van der Waals surface area contributed by atoms with Gasteiger partial charge in [0.1, 0.15) is 26.9 Å². The van der Waals surface area contributed by atoms with E-state index in [4.69, 9.17) is 16.2 Å². The molecular weight excluding hydrogens is 733 g/mol. The van der Waals surface area contributed by atoms with Crippen molar-refractivity contribution in [2.75, 3.05) is 5.73 Å². The van der Waals surface area contributed by atoms with Crippen LogP contribution in [0.1, 0.15) is 0 Å². The lowest BCUT2D eigenvalue weighted by molar-refractivity contribution is -0.432. The monoisotopic (exact) mass is 748 g/mol. The summed E-state index contributed by atoms with van der Waals surface area (Å²) in [5.41, 5.74) is 2.90. The van der Waals surface area contributed by atoms with E-state index in [1.807, 2.05) is 0 Å². The maximum absolute atomic E-state index is 12.3. The molecule has 0 aliphatic carbocycles. The van der Waals surface area contributed by atoms with Crippen LogP contribution in [0, 0.1) is 10.1 Å². The fourth-order valence-electron chi connectivity index (χ4n) is 3.79. The fourth-order valence-corrected chi connectivity index (χ4v) is 6.00. The molecule has 0 heterocycles.